The van der Waals surface area contributed by atoms with Gasteiger partial charge in [0.05, 0.1) is 11.4 Å². The number of phenolic OH excluding ortho intramolecular Hbond substituents is 1. The molecular formula is C17H12ClN5O. The summed E-state index contributed by atoms with van der Waals surface area (Å²) in [6, 6.07) is 16.2. The zero-order valence-electron chi connectivity index (χ0n) is 12.4. The van der Waals surface area contributed by atoms with E-state index in [-0.39, 0.29) is 5.75 Å². The molecule has 0 aliphatic carbocycles. The minimum absolute atomic E-state index is 0.175. The van der Waals surface area contributed by atoms with Gasteiger partial charge in [-0.15, -0.1) is 0 Å². The third-order valence-corrected chi connectivity index (χ3v) is 3.93. The summed E-state index contributed by atoms with van der Waals surface area (Å²) in [5.41, 5.74) is 4.21. The first kappa shape index (κ1) is 14.5. The van der Waals surface area contributed by atoms with Gasteiger partial charge < -0.3 is 5.11 Å². The molecule has 2 heterocycles. The Labute approximate surface area is 142 Å². The van der Waals surface area contributed by atoms with E-state index in [1.165, 1.54) is 0 Å². The summed E-state index contributed by atoms with van der Waals surface area (Å²) < 4.78 is 0. The fourth-order valence-electron chi connectivity index (χ4n) is 2.50. The Morgan fingerprint density at radius 1 is 0.875 bits per heavy atom. The molecule has 0 aliphatic heterocycles. The number of aromatic hydroxyl groups is 1. The average Bonchev–Trinajstić information content (AvgIpc) is 3.25. The van der Waals surface area contributed by atoms with Crippen molar-refractivity contribution in [2.75, 3.05) is 0 Å². The van der Waals surface area contributed by atoms with E-state index in [1.54, 1.807) is 30.3 Å². The van der Waals surface area contributed by atoms with Gasteiger partial charge in [0.1, 0.15) is 17.1 Å². The first-order valence-electron chi connectivity index (χ1n) is 7.23. The Kier molecular flexibility index (Phi) is 3.51. The Morgan fingerprint density at radius 2 is 1.62 bits per heavy atom. The topological polar surface area (TPSA) is 90.5 Å². The second kappa shape index (κ2) is 5.82. The summed E-state index contributed by atoms with van der Waals surface area (Å²) in [6.07, 6.45) is 0. The molecule has 0 aliphatic rings. The van der Waals surface area contributed by atoms with Gasteiger partial charge in [0.2, 0.25) is 0 Å². The molecule has 0 amide bonds. The summed E-state index contributed by atoms with van der Waals surface area (Å²) in [7, 11) is 0. The fourth-order valence-corrected chi connectivity index (χ4v) is 2.62. The summed E-state index contributed by atoms with van der Waals surface area (Å²) in [5.74, 6) is 0.175. The van der Waals surface area contributed by atoms with Crippen molar-refractivity contribution in [3.8, 4) is 39.7 Å². The van der Waals surface area contributed by atoms with Crippen LogP contribution in [0.3, 0.4) is 0 Å². The lowest BCUT2D eigenvalue weighted by Gasteiger charge is -1.99. The number of halogens is 1. The first-order chi connectivity index (χ1) is 11.7. The Morgan fingerprint density at radius 3 is 2.42 bits per heavy atom. The largest absolute Gasteiger partial charge is 0.507 e. The molecule has 0 atom stereocenters. The third-order valence-electron chi connectivity index (χ3n) is 3.68. The van der Waals surface area contributed by atoms with Gasteiger partial charge in [0.25, 0.3) is 0 Å². The van der Waals surface area contributed by atoms with E-state index in [0.29, 0.717) is 33.4 Å². The van der Waals surface area contributed by atoms with Gasteiger partial charge in [0, 0.05) is 16.1 Å². The van der Waals surface area contributed by atoms with Crippen LogP contribution in [0.1, 0.15) is 0 Å². The van der Waals surface area contributed by atoms with Crippen molar-refractivity contribution in [3.05, 3.63) is 59.6 Å². The zero-order chi connectivity index (χ0) is 16.5. The fraction of sp³-hybridized carbons (Fsp3) is 0. The second-order valence-corrected chi connectivity index (χ2v) is 5.65. The van der Waals surface area contributed by atoms with Crippen molar-refractivity contribution in [3.63, 3.8) is 0 Å². The zero-order valence-corrected chi connectivity index (χ0v) is 13.1. The maximum absolute atomic E-state index is 9.96. The summed E-state index contributed by atoms with van der Waals surface area (Å²) in [4.78, 5) is 0. The number of H-pyrrole nitrogens is 2. The molecular weight excluding hydrogens is 326 g/mol. The molecule has 118 valence electrons. The van der Waals surface area contributed by atoms with E-state index < -0.39 is 0 Å². The standard InChI is InChI=1S/C17H12ClN5O/c18-11-7-5-10(6-8-11)16-17(22-23-21-16)14-9-13(19-20-14)12-3-1-2-4-15(12)24/h1-9,24H,(H,19,20)(H,21,22,23). The molecule has 7 heteroatoms. The van der Waals surface area contributed by atoms with E-state index in [1.807, 2.05) is 24.3 Å². The number of nitrogens with zero attached hydrogens (tertiary/aromatic N) is 3. The van der Waals surface area contributed by atoms with E-state index in [9.17, 15) is 5.11 Å². The number of hydrogen-bond acceptors (Lipinski definition) is 4. The molecule has 0 radical (unpaired) electrons. The SMILES string of the molecule is Oc1ccccc1-c1cc(-c2n[nH]nc2-c2ccc(Cl)cc2)[nH]n1. The number of aromatic amines is 2. The van der Waals surface area contributed by atoms with Gasteiger partial charge in [0.15, 0.2) is 0 Å². The minimum Gasteiger partial charge on any atom is -0.507 e. The summed E-state index contributed by atoms with van der Waals surface area (Å²) >= 11 is 5.93. The van der Waals surface area contributed by atoms with E-state index in [0.717, 1.165) is 5.56 Å². The van der Waals surface area contributed by atoms with Gasteiger partial charge >= 0.3 is 0 Å². The molecule has 4 aromatic rings. The van der Waals surface area contributed by atoms with Crippen molar-refractivity contribution in [1.29, 1.82) is 0 Å². The highest BCUT2D eigenvalue weighted by Crippen LogP contribution is 2.32. The van der Waals surface area contributed by atoms with Crippen LogP contribution in [0.5, 0.6) is 5.75 Å². The van der Waals surface area contributed by atoms with Crippen LogP contribution in [0.4, 0.5) is 0 Å². The lowest BCUT2D eigenvalue weighted by atomic mass is 10.1. The third kappa shape index (κ3) is 2.53. The van der Waals surface area contributed by atoms with Crippen LogP contribution >= 0.6 is 11.6 Å². The maximum atomic E-state index is 9.96. The van der Waals surface area contributed by atoms with Crippen LogP contribution in [0, 0.1) is 0 Å². The smallest absolute Gasteiger partial charge is 0.138 e. The van der Waals surface area contributed by atoms with E-state index >= 15 is 0 Å². The highest BCUT2D eigenvalue weighted by atomic mass is 35.5. The average molecular weight is 338 g/mol. The molecule has 6 nitrogen and oxygen atoms in total. The molecule has 0 fully saturated rings. The molecule has 0 bridgehead atoms. The van der Waals surface area contributed by atoms with Gasteiger partial charge in [-0.3, -0.25) is 5.10 Å². The lowest BCUT2D eigenvalue weighted by molar-refractivity contribution is 0.477. The highest BCUT2D eigenvalue weighted by Gasteiger charge is 2.16. The molecule has 3 N–H and O–H groups in total. The number of phenols is 1. The van der Waals surface area contributed by atoms with E-state index in [4.69, 9.17) is 11.6 Å². The first-order valence-corrected chi connectivity index (χ1v) is 7.61. The monoisotopic (exact) mass is 337 g/mol. The quantitative estimate of drug-likeness (QED) is 0.529. The maximum Gasteiger partial charge on any atom is 0.138 e. The number of nitrogens with one attached hydrogen (secondary N) is 2. The Balaban J connectivity index is 1.75. The number of benzene rings is 2. The van der Waals surface area contributed by atoms with E-state index in [2.05, 4.69) is 25.6 Å². The van der Waals surface area contributed by atoms with Gasteiger partial charge in [-0.2, -0.15) is 20.5 Å². The van der Waals surface area contributed by atoms with Crippen LogP contribution in [0.15, 0.2) is 54.6 Å². The predicted molar refractivity (Wildman–Crippen MR) is 91.5 cm³/mol. The molecule has 4 rings (SSSR count). The van der Waals surface area contributed by atoms with Crippen molar-refractivity contribution in [2.45, 2.75) is 0 Å². The van der Waals surface area contributed by atoms with Crippen LogP contribution in [-0.4, -0.2) is 30.7 Å². The van der Waals surface area contributed by atoms with Gasteiger partial charge in [-0.25, -0.2) is 0 Å². The number of rotatable bonds is 3. The van der Waals surface area contributed by atoms with Gasteiger partial charge in [-0.05, 0) is 30.3 Å². The molecule has 0 saturated heterocycles. The lowest BCUT2D eigenvalue weighted by Crippen LogP contribution is -1.84. The Bertz CT molecular complexity index is 990. The number of hydrogen-bond donors (Lipinski definition) is 3. The van der Waals surface area contributed by atoms with Crippen LogP contribution in [0.2, 0.25) is 5.02 Å². The second-order valence-electron chi connectivity index (χ2n) is 5.21. The normalized spacial score (nSPS) is 10.9. The molecule has 0 saturated carbocycles. The number of aromatic nitrogens is 5. The van der Waals surface area contributed by atoms with Crippen LogP contribution in [0.25, 0.3) is 33.9 Å². The highest BCUT2D eigenvalue weighted by molar-refractivity contribution is 6.30. The van der Waals surface area contributed by atoms with Crippen LogP contribution < -0.4 is 0 Å². The molecule has 24 heavy (non-hydrogen) atoms. The van der Waals surface area contributed by atoms with Crippen molar-refractivity contribution >= 4 is 11.6 Å². The predicted octanol–water partition coefficient (Wildman–Crippen LogP) is 3.89. The van der Waals surface area contributed by atoms with Crippen molar-refractivity contribution in [2.24, 2.45) is 0 Å². The van der Waals surface area contributed by atoms with Gasteiger partial charge in [-0.1, -0.05) is 35.9 Å². The molecule has 2 aromatic heterocycles. The van der Waals surface area contributed by atoms with Crippen molar-refractivity contribution in [1.82, 2.24) is 25.6 Å². The molecule has 0 spiro atoms. The summed E-state index contributed by atoms with van der Waals surface area (Å²) in [5, 5.41) is 28.9. The summed E-state index contributed by atoms with van der Waals surface area (Å²) in [6.45, 7) is 0. The molecule has 0 unspecified atom stereocenters. The number of para-hydroxylation sites is 1. The minimum atomic E-state index is 0.175. The molecule has 2 aromatic carbocycles. The Hall–Kier alpha value is -3.12. The van der Waals surface area contributed by atoms with Crippen molar-refractivity contribution < 1.29 is 5.11 Å². The van der Waals surface area contributed by atoms with Crippen LogP contribution in [-0.2, 0) is 0 Å².